The third kappa shape index (κ3) is 2.83. The molecule has 1 amide bonds. The van der Waals surface area contributed by atoms with E-state index in [0.29, 0.717) is 13.0 Å². The van der Waals surface area contributed by atoms with Crippen LogP contribution in [0.25, 0.3) is 0 Å². The van der Waals surface area contributed by atoms with Gasteiger partial charge >= 0.3 is 0 Å². The number of nitrogens with one attached hydrogen (secondary N) is 1. The minimum atomic E-state index is -0.633. The first-order valence-corrected chi connectivity index (χ1v) is 5.71. The average Bonchev–Trinajstić information content (AvgIpc) is 2.25. The van der Waals surface area contributed by atoms with Gasteiger partial charge in [0.25, 0.3) is 0 Å². The van der Waals surface area contributed by atoms with E-state index in [9.17, 15) is 9.90 Å². The van der Waals surface area contributed by atoms with Gasteiger partial charge in [0.1, 0.15) is 0 Å². The van der Waals surface area contributed by atoms with Crippen molar-refractivity contribution in [2.24, 2.45) is 0 Å². The van der Waals surface area contributed by atoms with Crippen LogP contribution < -0.4 is 5.32 Å². The molecule has 1 aromatic carbocycles. The first kappa shape index (κ1) is 11.1. The smallest absolute Gasteiger partial charge is 0.224 e. The lowest BCUT2D eigenvalue weighted by molar-refractivity contribution is -0.122. The van der Waals surface area contributed by atoms with Gasteiger partial charge in [0, 0.05) is 6.54 Å². The zero-order valence-corrected chi connectivity index (χ0v) is 9.28. The maximum atomic E-state index is 11.6. The molecule has 0 saturated heterocycles. The van der Waals surface area contributed by atoms with Crippen LogP contribution in [0, 0.1) is 0 Å². The summed E-state index contributed by atoms with van der Waals surface area (Å²) in [5, 5.41) is 12.6. The Labute approximate surface area is 95.5 Å². The lowest BCUT2D eigenvalue weighted by atomic mass is 9.80. The molecule has 0 unspecified atom stereocenters. The highest BCUT2D eigenvalue weighted by Crippen LogP contribution is 2.30. The van der Waals surface area contributed by atoms with Crippen LogP contribution in [0.15, 0.2) is 30.3 Å². The predicted octanol–water partition coefficient (Wildman–Crippen LogP) is 1.26. The van der Waals surface area contributed by atoms with Gasteiger partial charge < -0.3 is 10.4 Å². The van der Waals surface area contributed by atoms with Gasteiger partial charge in [0.15, 0.2) is 0 Å². The lowest BCUT2D eigenvalue weighted by Crippen LogP contribution is -2.48. The van der Waals surface area contributed by atoms with E-state index in [4.69, 9.17) is 0 Å². The van der Waals surface area contributed by atoms with Crippen LogP contribution in [0.2, 0.25) is 0 Å². The number of amides is 1. The number of hydrogen-bond acceptors (Lipinski definition) is 2. The van der Waals surface area contributed by atoms with Crippen LogP contribution in [0.1, 0.15) is 24.8 Å². The molecule has 2 rings (SSSR count). The van der Waals surface area contributed by atoms with E-state index >= 15 is 0 Å². The van der Waals surface area contributed by atoms with Crippen LogP contribution in [-0.4, -0.2) is 23.2 Å². The van der Waals surface area contributed by atoms with Crippen LogP contribution >= 0.6 is 0 Å². The fourth-order valence-electron chi connectivity index (χ4n) is 1.87. The van der Waals surface area contributed by atoms with Gasteiger partial charge in [-0.2, -0.15) is 0 Å². The highest BCUT2D eigenvalue weighted by atomic mass is 16.3. The molecule has 3 heteroatoms. The monoisotopic (exact) mass is 219 g/mol. The van der Waals surface area contributed by atoms with Crippen molar-refractivity contribution >= 4 is 5.91 Å². The summed E-state index contributed by atoms with van der Waals surface area (Å²) in [6.45, 7) is 0.388. The van der Waals surface area contributed by atoms with Crippen molar-refractivity contribution in [3.63, 3.8) is 0 Å². The topological polar surface area (TPSA) is 49.3 Å². The van der Waals surface area contributed by atoms with Gasteiger partial charge in [-0.15, -0.1) is 0 Å². The van der Waals surface area contributed by atoms with Gasteiger partial charge in [-0.1, -0.05) is 30.3 Å². The van der Waals surface area contributed by atoms with Crippen molar-refractivity contribution in [3.05, 3.63) is 35.9 Å². The third-order valence-electron chi connectivity index (χ3n) is 3.11. The largest absolute Gasteiger partial charge is 0.388 e. The van der Waals surface area contributed by atoms with Crippen LogP contribution in [-0.2, 0) is 11.2 Å². The summed E-state index contributed by atoms with van der Waals surface area (Å²) < 4.78 is 0. The van der Waals surface area contributed by atoms with Gasteiger partial charge in [0.2, 0.25) is 5.91 Å². The Bertz CT molecular complexity index is 357. The molecule has 0 radical (unpaired) electrons. The van der Waals surface area contributed by atoms with Crippen molar-refractivity contribution in [2.75, 3.05) is 6.54 Å². The predicted molar refractivity (Wildman–Crippen MR) is 62.0 cm³/mol. The number of aliphatic hydroxyl groups is 1. The fourth-order valence-corrected chi connectivity index (χ4v) is 1.87. The first-order valence-electron chi connectivity index (χ1n) is 5.71. The molecule has 2 N–H and O–H groups in total. The molecule has 1 aromatic rings. The minimum Gasteiger partial charge on any atom is -0.388 e. The quantitative estimate of drug-likeness (QED) is 0.801. The van der Waals surface area contributed by atoms with Crippen LogP contribution in [0.3, 0.4) is 0 Å². The van der Waals surface area contributed by atoms with E-state index in [-0.39, 0.29) is 5.91 Å². The average molecular weight is 219 g/mol. The molecule has 0 bridgehead atoms. The molecular weight excluding hydrogens is 202 g/mol. The molecular formula is C13H17NO2. The highest BCUT2D eigenvalue weighted by Gasteiger charge is 2.34. The Balaban J connectivity index is 1.76. The van der Waals surface area contributed by atoms with E-state index in [1.54, 1.807) is 0 Å². The second-order valence-corrected chi connectivity index (χ2v) is 4.52. The summed E-state index contributed by atoms with van der Waals surface area (Å²) in [5.41, 5.74) is 0.368. The Morgan fingerprint density at radius 1 is 1.31 bits per heavy atom. The molecule has 0 aromatic heterocycles. The number of carbonyl (C=O) groups is 1. The standard InChI is InChI=1S/C13H17NO2/c15-12(9-11-5-2-1-3-6-11)14-10-13(16)7-4-8-13/h1-3,5-6,16H,4,7-10H2,(H,14,15). The summed E-state index contributed by atoms with van der Waals surface area (Å²) in [6, 6.07) is 9.62. The van der Waals surface area contributed by atoms with E-state index in [0.717, 1.165) is 24.8 Å². The summed E-state index contributed by atoms with van der Waals surface area (Å²) in [4.78, 5) is 11.6. The molecule has 3 nitrogen and oxygen atoms in total. The molecule has 1 fully saturated rings. The maximum Gasteiger partial charge on any atom is 0.224 e. The van der Waals surface area contributed by atoms with Crippen molar-refractivity contribution in [1.29, 1.82) is 0 Å². The minimum absolute atomic E-state index is 0.0217. The Kier molecular flexibility index (Phi) is 3.25. The van der Waals surface area contributed by atoms with Crippen molar-refractivity contribution in [1.82, 2.24) is 5.32 Å². The number of hydrogen-bond donors (Lipinski definition) is 2. The first-order chi connectivity index (χ1) is 7.68. The molecule has 0 atom stereocenters. The SMILES string of the molecule is O=C(Cc1ccccc1)NCC1(O)CCC1. The molecule has 1 aliphatic carbocycles. The van der Waals surface area contributed by atoms with E-state index < -0.39 is 5.60 Å². The lowest BCUT2D eigenvalue weighted by Gasteiger charge is -2.36. The van der Waals surface area contributed by atoms with Gasteiger partial charge in [-0.05, 0) is 24.8 Å². The number of benzene rings is 1. The summed E-state index contributed by atoms with van der Waals surface area (Å²) in [6.07, 6.45) is 3.05. The van der Waals surface area contributed by atoms with Crippen LogP contribution in [0.5, 0.6) is 0 Å². The Morgan fingerprint density at radius 2 is 2.00 bits per heavy atom. The zero-order chi connectivity index (χ0) is 11.4. The zero-order valence-electron chi connectivity index (χ0n) is 9.28. The molecule has 16 heavy (non-hydrogen) atoms. The summed E-state index contributed by atoms with van der Waals surface area (Å²) in [7, 11) is 0. The van der Waals surface area contributed by atoms with Crippen LogP contribution in [0.4, 0.5) is 0 Å². The molecule has 1 aliphatic rings. The summed E-state index contributed by atoms with van der Waals surface area (Å²) >= 11 is 0. The Morgan fingerprint density at radius 3 is 2.56 bits per heavy atom. The van der Waals surface area contributed by atoms with Crippen molar-refractivity contribution < 1.29 is 9.90 Å². The van der Waals surface area contributed by atoms with Gasteiger partial charge in [0.05, 0.1) is 12.0 Å². The maximum absolute atomic E-state index is 11.6. The van der Waals surface area contributed by atoms with E-state index in [1.807, 2.05) is 30.3 Å². The third-order valence-corrected chi connectivity index (χ3v) is 3.11. The number of carbonyl (C=O) groups excluding carboxylic acids is 1. The molecule has 86 valence electrons. The molecule has 0 heterocycles. The van der Waals surface area contributed by atoms with E-state index in [1.165, 1.54) is 0 Å². The second kappa shape index (κ2) is 4.66. The normalized spacial score (nSPS) is 17.6. The molecule has 0 spiro atoms. The van der Waals surface area contributed by atoms with Crippen molar-refractivity contribution in [3.8, 4) is 0 Å². The van der Waals surface area contributed by atoms with Gasteiger partial charge in [-0.3, -0.25) is 4.79 Å². The summed E-state index contributed by atoms with van der Waals surface area (Å²) in [5.74, 6) is -0.0217. The molecule has 0 aliphatic heterocycles. The molecule has 1 saturated carbocycles. The highest BCUT2D eigenvalue weighted by molar-refractivity contribution is 5.78. The fraction of sp³-hybridized carbons (Fsp3) is 0.462. The van der Waals surface area contributed by atoms with Gasteiger partial charge in [-0.25, -0.2) is 0 Å². The number of rotatable bonds is 4. The second-order valence-electron chi connectivity index (χ2n) is 4.52. The Hall–Kier alpha value is -1.35. The van der Waals surface area contributed by atoms with Crippen molar-refractivity contribution in [2.45, 2.75) is 31.3 Å². The van der Waals surface area contributed by atoms with E-state index in [2.05, 4.69) is 5.32 Å².